The van der Waals surface area contributed by atoms with E-state index in [2.05, 4.69) is 33.5 Å². The van der Waals surface area contributed by atoms with Gasteiger partial charge in [-0.15, -0.1) is 0 Å². The van der Waals surface area contributed by atoms with Crippen LogP contribution in [0.1, 0.15) is 30.4 Å². The summed E-state index contributed by atoms with van der Waals surface area (Å²) >= 11 is 0. The zero-order chi connectivity index (χ0) is 17.9. The fraction of sp³-hybridized carbons (Fsp3) is 0.500. The lowest BCUT2D eigenvalue weighted by atomic mass is 10.0. The van der Waals surface area contributed by atoms with E-state index in [1.165, 1.54) is 28.7 Å². The number of anilines is 1. The van der Waals surface area contributed by atoms with Crippen molar-refractivity contribution in [3.05, 3.63) is 51.8 Å². The smallest absolute Gasteiger partial charge is 0.266 e. The molecule has 3 heterocycles. The van der Waals surface area contributed by atoms with E-state index in [-0.39, 0.29) is 5.56 Å². The Kier molecular flexibility index (Phi) is 4.93. The van der Waals surface area contributed by atoms with Crippen molar-refractivity contribution < 1.29 is 4.74 Å². The summed E-state index contributed by atoms with van der Waals surface area (Å²) in [5.74, 6) is 1.93. The van der Waals surface area contributed by atoms with Crippen LogP contribution < -0.4 is 20.5 Å². The molecule has 26 heavy (non-hydrogen) atoms. The number of hydrogen-bond acceptors (Lipinski definition) is 5. The van der Waals surface area contributed by atoms with E-state index >= 15 is 0 Å². The van der Waals surface area contributed by atoms with Crippen LogP contribution in [0.2, 0.25) is 0 Å². The first-order chi connectivity index (χ1) is 12.7. The van der Waals surface area contributed by atoms with E-state index in [0.717, 1.165) is 50.7 Å². The minimum atomic E-state index is -0.0685. The molecule has 0 saturated carbocycles. The number of hydrogen-bond donors (Lipinski definition) is 1. The van der Waals surface area contributed by atoms with Crippen LogP contribution in [0.3, 0.4) is 0 Å². The molecule has 0 bridgehead atoms. The second kappa shape index (κ2) is 7.50. The molecule has 1 unspecified atom stereocenters. The molecule has 0 radical (unpaired) electrons. The van der Waals surface area contributed by atoms with Crippen LogP contribution in [-0.4, -0.2) is 35.5 Å². The Morgan fingerprint density at radius 1 is 1.27 bits per heavy atom. The number of nitrogens with one attached hydrogen (secondary N) is 1. The lowest BCUT2D eigenvalue weighted by Crippen LogP contribution is -2.46. The first-order valence-corrected chi connectivity index (χ1v) is 9.47. The molecule has 4 rings (SSSR count). The molecule has 138 valence electrons. The number of aryl methyl sites for hydroxylation is 1. The number of benzene rings is 1. The summed E-state index contributed by atoms with van der Waals surface area (Å²) in [6, 6.07) is 10.3. The van der Waals surface area contributed by atoms with Crippen LogP contribution in [0, 0.1) is 0 Å². The Balaban J connectivity index is 1.39. The molecule has 1 aromatic heterocycles. The van der Waals surface area contributed by atoms with Gasteiger partial charge in [0.15, 0.2) is 0 Å². The Labute approximate surface area is 153 Å². The molecule has 1 N–H and O–H groups in total. The highest BCUT2D eigenvalue weighted by Crippen LogP contribution is 2.26. The number of fused-ring (bicyclic) bond motifs is 1. The predicted octanol–water partition coefficient (Wildman–Crippen LogP) is 1.86. The van der Waals surface area contributed by atoms with Crippen molar-refractivity contribution >= 4 is 5.82 Å². The lowest BCUT2D eigenvalue weighted by Gasteiger charge is -2.36. The Hall–Kier alpha value is -2.34. The Morgan fingerprint density at radius 2 is 2.19 bits per heavy atom. The van der Waals surface area contributed by atoms with Crippen molar-refractivity contribution in [2.24, 2.45) is 7.05 Å². The topological polar surface area (TPSA) is 59.4 Å². The summed E-state index contributed by atoms with van der Waals surface area (Å²) in [6.45, 7) is 3.57. The summed E-state index contributed by atoms with van der Waals surface area (Å²) in [7, 11) is 1.71. The SMILES string of the molecule is Cn1nc(N2CCCCC2CNCc2ccc3c(c2)CCO3)ccc1=O. The van der Waals surface area contributed by atoms with Crippen molar-refractivity contribution in [2.45, 2.75) is 38.3 Å². The monoisotopic (exact) mass is 354 g/mol. The van der Waals surface area contributed by atoms with Crippen molar-refractivity contribution in [3.63, 3.8) is 0 Å². The van der Waals surface area contributed by atoms with Crippen molar-refractivity contribution in [1.29, 1.82) is 0 Å². The van der Waals surface area contributed by atoms with E-state index < -0.39 is 0 Å². The number of aromatic nitrogens is 2. The van der Waals surface area contributed by atoms with Gasteiger partial charge in [-0.05, 0) is 42.5 Å². The van der Waals surface area contributed by atoms with Gasteiger partial charge in [0.2, 0.25) is 0 Å². The summed E-state index contributed by atoms with van der Waals surface area (Å²) in [6.07, 6.45) is 4.57. The normalized spacial score (nSPS) is 19.3. The maximum Gasteiger partial charge on any atom is 0.266 e. The van der Waals surface area contributed by atoms with Gasteiger partial charge in [-0.3, -0.25) is 4.79 Å². The van der Waals surface area contributed by atoms with Crippen LogP contribution in [0.25, 0.3) is 0 Å². The lowest BCUT2D eigenvalue weighted by molar-refractivity contribution is 0.357. The molecule has 1 fully saturated rings. The van der Waals surface area contributed by atoms with Crippen LogP contribution >= 0.6 is 0 Å². The van der Waals surface area contributed by atoms with E-state index in [9.17, 15) is 4.79 Å². The predicted molar refractivity (Wildman–Crippen MR) is 102 cm³/mol. The Bertz CT molecular complexity index is 833. The van der Waals surface area contributed by atoms with Gasteiger partial charge < -0.3 is 15.0 Å². The highest BCUT2D eigenvalue weighted by molar-refractivity contribution is 5.40. The molecule has 1 aromatic carbocycles. The molecule has 1 saturated heterocycles. The molecule has 2 aromatic rings. The van der Waals surface area contributed by atoms with Gasteiger partial charge in [0.25, 0.3) is 5.56 Å². The van der Waals surface area contributed by atoms with Gasteiger partial charge in [0, 0.05) is 45.2 Å². The molecular weight excluding hydrogens is 328 g/mol. The summed E-state index contributed by atoms with van der Waals surface area (Å²) in [4.78, 5) is 13.9. The zero-order valence-corrected chi connectivity index (χ0v) is 15.3. The van der Waals surface area contributed by atoms with Gasteiger partial charge in [0.1, 0.15) is 11.6 Å². The number of piperidine rings is 1. The second-order valence-electron chi connectivity index (χ2n) is 7.17. The molecular formula is C20H26N4O2. The van der Waals surface area contributed by atoms with Gasteiger partial charge >= 0.3 is 0 Å². The van der Waals surface area contributed by atoms with Crippen LogP contribution in [0.15, 0.2) is 35.1 Å². The molecule has 2 aliphatic heterocycles. The van der Waals surface area contributed by atoms with Crippen LogP contribution in [0.5, 0.6) is 5.75 Å². The fourth-order valence-electron chi connectivity index (χ4n) is 3.89. The third-order valence-corrected chi connectivity index (χ3v) is 5.33. The first-order valence-electron chi connectivity index (χ1n) is 9.47. The van der Waals surface area contributed by atoms with Crippen LogP contribution in [-0.2, 0) is 20.0 Å². The Morgan fingerprint density at radius 3 is 3.08 bits per heavy atom. The van der Waals surface area contributed by atoms with Gasteiger partial charge in [0.05, 0.1) is 6.61 Å². The van der Waals surface area contributed by atoms with Crippen molar-refractivity contribution in [2.75, 3.05) is 24.6 Å². The summed E-state index contributed by atoms with van der Waals surface area (Å²) in [5, 5.41) is 8.05. The number of nitrogens with zero attached hydrogens (tertiary/aromatic N) is 3. The van der Waals surface area contributed by atoms with E-state index in [1.807, 2.05) is 6.07 Å². The third-order valence-electron chi connectivity index (χ3n) is 5.33. The van der Waals surface area contributed by atoms with Crippen molar-refractivity contribution in [1.82, 2.24) is 15.1 Å². The quantitative estimate of drug-likeness (QED) is 0.888. The van der Waals surface area contributed by atoms with Crippen molar-refractivity contribution in [3.8, 4) is 5.75 Å². The maximum atomic E-state index is 11.6. The molecule has 0 amide bonds. The standard InChI is InChI=1S/C20H26N4O2/c1-23-20(25)8-7-19(22-23)24-10-3-2-4-17(24)14-21-13-15-5-6-18-16(12-15)9-11-26-18/h5-8,12,17,21H,2-4,9-11,13-14H2,1H3. The third kappa shape index (κ3) is 3.60. The highest BCUT2D eigenvalue weighted by atomic mass is 16.5. The average Bonchev–Trinajstić information content (AvgIpc) is 3.12. The maximum absolute atomic E-state index is 11.6. The molecule has 0 aliphatic carbocycles. The molecule has 2 aliphatic rings. The highest BCUT2D eigenvalue weighted by Gasteiger charge is 2.23. The van der Waals surface area contributed by atoms with Gasteiger partial charge in [-0.25, -0.2) is 4.68 Å². The average molecular weight is 354 g/mol. The first kappa shape index (κ1) is 17.1. The molecule has 6 nitrogen and oxygen atoms in total. The molecule has 0 spiro atoms. The minimum Gasteiger partial charge on any atom is -0.493 e. The summed E-state index contributed by atoms with van der Waals surface area (Å²) < 4.78 is 6.99. The fourth-order valence-corrected chi connectivity index (χ4v) is 3.89. The van der Waals surface area contributed by atoms with Gasteiger partial charge in [-0.2, -0.15) is 5.10 Å². The van der Waals surface area contributed by atoms with E-state index in [4.69, 9.17) is 4.74 Å². The second-order valence-corrected chi connectivity index (χ2v) is 7.17. The molecule has 6 heteroatoms. The zero-order valence-electron chi connectivity index (χ0n) is 15.3. The molecule has 1 atom stereocenters. The number of ether oxygens (including phenoxy) is 1. The summed E-state index contributed by atoms with van der Waals surface area (Å²) in [5.41, 5.74) is 2.55. The van der Waals surface area contributed by atoms with E-state index in [0.29, 0.717) is 6.04 Å². The minimum absolute atomic E-state index is 0.0685. The number of rotatable bonds is 5. The largest absolute Gasteiger partial charge is 0.493 e. The van der Waals surface area contributed by atoms with Crippen LogP contribution in [0.4, 0.5) is 5.82 Å². The van der Waals surface area contributed by atoms with E-state index in [1.54, 1.807) is 13.1 Å². The van der Waals surface area contributed by atoms with Gasteiger partial charge in [-0.1, -0.05) is 12.1 Å².